The molecular weight excluding hydrogens is 108 g/mol. The van der Waals surface area contributed by atoms with Crippen LogP contribution >= 0.6 is 12.1 Å². The smallest absolute Gasteiger partial charge is 0.0356 e. The highest BCUT2D eigenvalue weighted by Gasteiger charge is 1.96. The zero-order chi connectivity index (χ0) is 5.11. The molecule has 1 aliphatic heterocycles. The van der Waals surface area contributed by atoms with Crippen molar-refractivity contribution in [2.75, 3.05) is 0 Å². The molecule has 2 nitrogen and oxygen atoms in total. The molecule has 0 bridgehead atoms. The molecule has 40 valence electrons. The van der Waals surface area contributed by atoms with Crippen molar-refractivity contribution >= 4 is 12.1 Å². The zero-order valence-electron chi connectivity index (χ0n) is 4.14. The van der Waals surface area contributed by atoms with Crippen LogP contribution in [0.15, 0.2) is 12.3 Å². The van der Waals surface area contributed by atoms with E-state index in [-0.39, 0.29) is 0 Å². The average Bonchev–Trinajstić information content (AvgIpc) is 1.69. The van der Waals surface area contributed by atoms with Gasteiger partial charge >= 0.3 is 0 Å². The van der Waals surface area contributed by atoms with Gasteiger partial charge in [0, 0.05) is 24.4 Å². The van der Waals surface area contributed by atoms with Crippen LogP contribution in [0.3, 0.4) is 0 Å². The van der Waals surface area contributed by atoms with E-state index in [0.29, 0.717) is 6.04 Å². The molecular formula is C4H8N2S. The van der Waals surface area contributed by atoms with Gasteiger partial charge in [-0.3, -0.25) is 0 Å². The lowest BCUT2D eigenvalue weighted by molar-refractivity contribution is 0.830. The van der Waals surface area contributed by atoms with Crippen LogP contribution in [0.2, 0.25) is 0 Å². The SMILES string of the molecule is CC1C=CNSN1. The molecule has 1 rings (SSSR count). The Morgan fingerprint density at radius 1 is 1.71 bits per heavy atom. The maximum Gasteiger partial charge on any atom is 0.0356 e. The van der Waals surface area contributed by atoms with Crippen LogP contribution in [0.4, 0.5) is 0 Å². The Balaban J connectivity index is 2.36. The van der Waals surface area contributed by atoms with E-state index in [4.69, 9.17) is 0 Å². The van der Waals surface area contributed by atoms with Gasteiger partial charge in [-0.25, -0.2) is 4.72 Å². The number of hydrogen-bond donors (Lipinski definition) is 2. The van der Waals surface area contributed by atoms with Crippen molar-refractivity contribution in [1.82, 2.24) is 9.44 Å². The zero-order valence-corrected chi connectivity index (χ0v) is 4.96. The Labute approximate surface area is 47.6 Å². The van der Waals surface area contributed by atoms with Gasteiger partial charge in [0.15, 0.2) is 0 Å². The summed E-state index contributed by atoms with van der Waals surface area (Å²) in [6.45, 7) is 2.10. The van der Waals surface area contributed by atoms with E-state index in [0.717, 1.165) is 0 Å². The summed E-state index contributed by atoms with van der Waals surface area (Å²) in [6.07, 6.45) is 4.00. The molecule has 1 unspecified atom stereocenters. The Morgan fingerprint density at radius 2 is 2.57 bits per heavy atom. The molecule has 7 heavy (non-hydrogen) atoms. The Kier molecular flexibility index (Phi) is 1.59. The van der Waals surface area contributed by atoms with Crippen LogP contribution in [-0.2, 0) is 0 Å². The highest BCUT2D eigenvalue weighted by molar-refractivity contribution is 7.95. The molecule has 0 aromatic heterocycles. The maximum absolute atomic E-state index is 3.10. The first kappa shape index (κ1) is 5.00. The molecule has 3 heteroatoms. The van der Waals surface area contributed by atoms with Gasteiger partial charge in [-0.2, -0.15) is 0 Å². The molecule has 0 spiro atoms. The largest absolute Gasteiger partial charge is 0.324 e. The van der Waals surface area contributed by atoms with Crippen molar-refractivity contribution in [1.29, 1.82) is 0 Å². The van der Waals surface area contributed by atoms with Crippen LogP contribution in [0.5, 0.6) is 0 Å². The molecule has 0 amide bonds. The molecule has 1 aliphatic rings. The van der Waals surface area contributed by atoms with E-state index >= 15 is 0 Å². The van der Waals surface area contributed by atoms with Crippen LogP contribution in [-0.4, -0.2) is 6.04 Å². The minimum absolute atomic E-state index is 0.506. The maximum atomic E-state index is 3.10. The van der Waals surface area contributed by atoms with Gasteiger partial charge in [-0.15, -0.1) is 0 Å². The Morgan fingerprint density at radius 3 is 2.86 bits per heavy atom. The van der Waals surface area contributed by atoms with Crippen LogP contribution in [0.25, 0.3) is 0 Å². The molecule has 1 atom stereocenters. The molecule has 0 aromatic rings. The summed E-state index contributed by atoms with van der Waals surface area (Å²) < 4.78 is 6.04. The van der Waals surface area contributed by atoms with Crippen molar-refractivity contribution in [3.63, 3.8) is 0 Å². The average molecular weight is 116 g/mol. The summed E-state index contributed by atoms with van der Waals surface area (Å²) in [5.41, 5.74) is 0. The first-order valence-electron chi connectivity index (χ1n) is 2.23. The lowest BCUT2D eigenvalue weighted by Crippen LogP contribution is -2.23. The van der Waals surface area contributed by atoms with Crippen molar-refractivity contribution in [3.05, 3.63) is 12.3 Å². The highest BCUT2D eigenvalue weighted by Crippen LogP contribution is 1.97. The van der Waals surface area contributed by atoms with Gasteiger partial charge in [-0.1, -0.05) is 6.08 Å². The van der Waals surface area contributed by atoms with E-state index in [2.05, 4.69) is 22.4 Å². The fraction of sp³-hybridized carbons (Fsp3) is 0.500. The van der Waals surface area contributed by atoms with Gasteiger partial charge < -0.3 is 4.72 Å². The quantitative estimate of drug-likeness (QED) is 0.454. The molecule has 0 radical (unpaired) electrons. The van der Waals surface area contributed by atoms with Gasteiger partial charge in [0.05, 0.1) is 0 Å². The molecule has 2 N–H and O–H groups in total. The second-order valence-corrected chi connectivity index (χ2v) is 2.16. The number of nitrogens with one attached hydrogen (secondary N) is 2. The Bertz CT molecular complexity index is 81.8. The predicted octanol–water partition coefficient (Wildman–Crippen LogP) is 0.645. The molecule has 0 saturated carbocycles. The second-order valence-electron chi connectivity index (χ2n) is 1.49. The van der Waals surface area contributed by atoms with Crippen LogP contribution in [0, 0.1) is 0 Å². The highest BCUT2D eigenvalue weighted by atomic mass is 32.2. The topological polar surface area (TPSA) is 24.1 Å². The van der Waals surface area contributed by atoms with Crippen molar-refractivity contribution in [2.45, 2.75) is 13.0 Å². The molecule has 0 saturated heterocycles. The molecule has 0 aliphatic carbocycles. The normalized spacial score (nSPS) is 29.6. The van der Waals surface area contributed by atoms with Gasteiger partial charge in [-0.05, 0) is 6.92 Å². The molecule has 1 heterocycles. The van der Waals surface area contributed by atoms with E-state index in [1.807, 2.05) is 6.20 Å². The summed E-state index contributed by atoms with van der Waals surface area (Å²) in [4.78, 5) is 0. The van der Waals surface area contributed by atoms with Gasteiger partial charge in [0.2, 0.25) is 0 Å². The third-order valence-electron chi connectivity index (χ3n) is 0.757. The number of hydrogen-bond acceptors (Lipinski definition) is 3. The lowest BCUT2D eigenvalue weighted by Gasteiger charge is -2.11. The Hall–Kier alpha value is -0.150. The van der Waals surface area contributed by atoms with E-state index < -0.39 is 0 Å². The third-order valence-corrected chi connectivity index (χ3v) is 1.50. The first-order chi connectivity index (χ1) is 3.39. The third kappa shape index (κ3) is 1.41. The van der Waals surface area contributed by atoms with Crippen molar-refractivity contribution in [3.8, 4) is 0 Å². The minimum atomic E-state index is 0.506. The summed E-state index contributed by atoms with van der Waals surface area (Å²) in [6, 6.07) is 0.506. The lowest BCUT2D eigenvalue weighted by atomic mass is 10.4. The van der Waals surface area contributed by atoms with E-state index in [9.17, 15) is 0 Å². The number of rotatable bonds is 0. The van der Waals surface area contributed by atoms with Gasteiger partial charge in [0.25, 0.3) is 0 Å². The predicted molar refractivity (Wildman–Crippen MR) is 32.5 cm³/mol. The van der Waals surface area contributed by atoms with E-state index in [1.165, 1.54) is 12.1 Å². The fourth-order valence-electron chi connectivity index (χ4n) is 0.384. The molecule has 0 fully saturated rings. The minimum Gasteiger partial charge on any atom is -0.324 e. The second kappa shape index (κ2) is 2.23. The monoisotopic (exact) mass is 116 g/mol. The summed E-state index contributed by atoms with van der Waals surface area (Å²) in [5.74, 6) is 0. The van der Waals surface area contributed by atoms with Gasteiger partial charge in [0.1, 0.15) is 0 Å². The van der Waals surface area contributed by atoms with Crippen LogP contribution in [0.1, 0.15) is 6.92 Å². The molecule has 0 aromatic carbocycles. The fourth-order valence-corrected chi connectivity index (χ4v) is 0.863. The summed E-state index contributed by atoms with van der Waals surface area (Å²) in [5, 5.41) is 0. The standard InChI is InChI=1S/C4H8N2S/c1-4-2-3-5-7-6-4/h2-6H,1H3. The van der Waals surface area contributed by atoms with Crippen molar-refractivity contribution in [2.24, 2.45) is 0 Å². The van der Waals surface area contributed by atoms with E-state index in [1.54, 1.807) is 0 Å². The summed E-state index contributed by atoms with van der Waals surface area (Å²) >= 11 is 1.52. The summed E-state index contributed by atoms with van der Waals surface area (Å²) in [7, 11) is 0. The van der Waals surface area contributed by atoms with Crippen LogP contribution < -0.4 is 9.44 Å². The van der Waals surface area contributed by atoms with Crippen molar-refractivity contribution < 1.29 is 0 Å². The first-order valence-corrected chi connectivity index (χ1v) is 3.05.